The summed E-state index contributed by atoms with van der Waals surface area (Å²) in [6, 6.07) is 14.5. The van der Waals surface area contributed by atoms with E-state index < -0.39 is 35.9 Å². The van der Waals surface area contributed by atoms with E-state index in [0.29, 0.717) is 11.3 Å². The van der Waals surface area contributed by atoms with Crippen LogP contribution in [0.2, 0.25) is 0 Å². The average Bonchev–Trinajstić information content (AvgIpc) is 3.24. The molecule has 1 saturated heterocycles. The molecule has 34 heavy (non-hydrogen) atoms. The summed E-state index contributed by atoms with van der Waals surface area (Å²) in [5, 5.41) is 19.0. The summed E-state index contributed by atoms with van der Waals surface area (Å²) in [7, 11) is 0. The lowest BCUT2D eigenvalue weighted by Crippen LogP contribution is -2.73. The van der Waals surface area contributed by atoms with Crippen LogP contribution in [0, 0.1) is 5.92 Å². The van der Waals surface area contributed by atoms with Gasteiger partial charge in [-0.3, -0.25) is 4.79 Å². The third-order valence-corrected chi connectivity index (χ3v) is 5.49. The Balaban J connectivity index is 1.93. The largest absolute Gasteiger partial charge is 0.466 e. The molecule has 0 saturated carbocycles. The van der Waals surface area contributed by atoms with Crippen molar-refractivity contribution in [2.75, 3.05) is 6.61 Å². The Morgan fingerprint density at radius 3 is 2.35 bits per heavy atom. The maximum absolute atomic E-state index is 14.0. The normalized spacial score (nSPS) is 22.6. The van der Waals surface area contributed by atoms with Crippen molar-refractivity contribution in [3.63, 3.8) is 0 Å². The summed E-state index contributed by atoms with van der Waals surface area (Å²) >= 11 is 0. The summed E-state index contributed by atoms with van der Waals surface area (Å²) in [5.74, 6) is -3.58. The van der Waals surface area contributed by atoms with Crippen molar-refractivity contribution in [2.45, 2.75) is 24.9 Å². The van der Waals surface area contributed by atoms with Crippen LogP contribution in [-0.2, 0) is 9.53 Å². The minimum absolute atomic E-state index is 0.102. The molecule has 178 valence electrons. The van der Waals surface area contributed by atoms with Gasteiger partial charge in [0.15, 0.2) is 0 Å². The van der Waals surface area contributed by atoms with Gasteiger partial charge in [-0.1, -0.05) is 48.5 Å². The molecule has 0 spiro atoms. The first-order valence-corrected chi connectivity index (χ1v) is 10.4. The Labute approximate surface area is 192 Å². The van der Waals surface area contributed by atoms with E-state index in [1.165, 1.54) is 23.1 Å². The van der Waals surface area contributed by atoms with E-state index in [9.17, 15) is 27.9 Å². The van der Waals surface area contributed by atoms with E-state index >= 15 is 0 Å². The summed E-state index contributed by atoms with van der Waals surface area (Å²) < 4.78 is 48.3. The molecule has 4 rings (SSSR count). The minimum Gasteiger partial charge on any atom is -0.466 e. The van der Waals surface area contributed by atoms with Crippen molar-refractivity contribution in [2.24, 2.45) is 5.92 Å². The fourth-order valence-corrected chi connectivity index (χ4v) is 3.94. The number of halogens is 3. The number of para-hydroxylation sites is 1. The Morgan fingerprint density at radius 1 is 1.15 bits per heavy atom. The Morgan fingerprint density at radius 2 is 1.76 bits per heavy atom. The average molecular weight is 474 g/mol. The molecule has 2 heterocycles. The van der Waals surface area contributed by atoms with Crippen molar-refractivity contribution in [1.82, 2.24) is 20.4 Å². The second-order valence-electron chi connectivity index (χ2n) is 7.65. The van der Waals surface area contributed by atoms with Crippen LogP contribution >= 0.6 is 0 Å². The van der Waals surface area contributed by atoms with Crippen LogP contribution in [0.15, 0.2) is 66.9 Å². The van der Waals surface area contributed by atoms with Gasteiger partial charge in [-0.05, 0) is 19.1 Å². The highest BCUT2D eigenvalue weighted by Gasteiger charge is 2.67. The summed E-state index contributed by atoms with van der Waals surface area (Å²) in [5.41, 5.74) is -2.39. The number of ether oxygens (including phenoxy) is 1. The summed E-state index contributed by atoms with van der Waals surface area (Å²) in [4.78, 5) is 25.1. The number of hydrogen-bond acceptors (Lipinski definition) is 5. The zero-order valence-corrected chi connectivity index (χ0v) is 17.9. The topological polar surface area (TPSA) is 105 Å². The lowest BCUT2D eigenvalue weighted by molar-refractivity contribution is -0.294. The molecule has 1 aromatic heterocycles. The predicted octanol–water partition coefficient (Wildman–Crippen LogP) is 3.32. The summed E-state index contributed by atoms with van der Waals surface area (Å²) in [6.07, 6.45) is -3.94. The molecule has 1 fully saturated rings. The van der Waals surface area contributed by atoms with Crippen LogP contribution in [0.5, 0.6) is 0 Å². The molecule has 1 aliphatic heterocycles. The first kappa shape index (κ1) is 23.3. The molecule has 0 bridgehead atoms. The van der Waals surface area contributed by atoms with E-state index in [1.54, 1.807) is 60.7 Å². The number of rotatable bonds is 5. The minimum atomic E-state index is -5.37. The van der Waals surface area contributed by atoms with Crippen LogP contribution in [0.25, 0.3) is 16.9 Å². The van der Waals surface area contributed by atoms with Crippen molar-refractivity contribution < 1.29 is 32.6 Å². The molecule has 8 nitrogen and oxygen atoms in total. The molecule has 3 aromatic rings. The van der Waals surface area contributed by atoms with E-state index in [1.807, 2.05) is 0 Å². The van der Waals surface area contributed by atoms with Gasteiger partial charge in [0.25, 0.3) is 5.72 Å². The number of nitrogens with zero attached hydrogens (tertiary/aromatic N) is 2. The van der Waals surface area contributed by atoms with Gasteiger partial charge in [0, 0.05) is 17.3 Å². The van der Waals surface area contributed by atoms with Crippen molar-refractivity contribution in [1.29, 1.82) is 0 Å². The Kier molecular flexibility index (Phi) is 6.05. The number of carbonyl (C=O) groups excluding carboxylic acids is 2. The molecule has 11 heteroatoms. The molecular weight excluding hydrogens is 453 g/mol. The van der Waals surface area contributed by atoms with Gasteiger partial charge in [0.05, 0.1) is 24.0 Å². The van der Waals surface area contributed by atoms with E-state index in [2.05, 4.69) is 10.4 Å². The van der Waals surface area contributed by atoms with Crippen LogP contribution in [0.1, 0.15) is 18.5 Å². The number of carbonyl (C=O) groups is 2. The number of nitrogens with one attached hydrogen (secondary N) is 2. The second kappa shape index (κ2) is 8.82. The van der Waals surface area contributed by atoms with Crippen molar-refractivity contribution >= 4 is 12.0 Å². The standard InChI is InChI=1S/C23H21F3N4O4/c1-2-34-20(31)17-19(27-21(32)28-22(17,33)23(24,25)26)16-13-30(15-11-7-4-8-12-15)29-18(16)14-9-5-3-6-10-14/h3-13,17,19,33H,2H2,1H3,(H2,27,28,32)/t17-,19+,22-/m0/s1. The molecule has 0 radical (unpaired) electrons. The number of urea groups is 1. The lowest BCUT2D eigenvalue weighted by Gasteiger charge is -2.44. The van der Waals surface area contributed by atoms with Gasteiger partial charge in [-0.15, -0.1) is 0 Å². The van der Waals surface area contributed by atoms with Gasteiger partial charge in [-0.2, -0.15) is 18.3 Å². The predicted molar refractivity (Wildman–Crippen MR) is 115 cm³/mol. The fourth-order valence-electron chi connectivity index (χ4n) is 3.94. The molecule has 0 unspecified atom stereocenters. The molecule has 2 aromatic carbocycles. The smallest absolute Gasteiger partial charge is 0.437 e. The first-order valence-electron chi connectivity index (χ1n) is 10.4. The first-order chi connectivity index (χ1) is 16.2. The number of aliphatic hydroxyl groups is 1. The van der Waals surface area contributed by atoms with Gasteiger partial charge in [0.1, 0.15) is 5.92 Å². The fraction of sp³-hybridized carbons (Fsp3) is 0.261. The maximum atomic E-state index is 14.0. The van der Waals surface area contributed by atoms with Gasteiger partial charge < -0.3 is 20.5 Å². The highest BCUT2D eigenvalue weighted by molar-refractivity contribution is 5.84. The Hall–Kier alpha value is -3.86. The van der Waals surface area contributed by atoms with Crippen LogP contribution < -0.4 is 10.6 Å². The number of alkyl halides is 3. The monoisotopic (exact) mass is 474 g/mol. The van der Waals surface area contributed by atoms with E-state index in [0.717, 1.165) is 0 Å². The maximum Gasteiger partial charge on any atom is 0.437 e. The highest BCUT2D eigenvalue weighted by atomic mass is 19.4. The second-order valence-corrected chi connectivity index (χ2v) is 7.65. The van der Waals surface area contributed by atoms with E-state index in [4.69, 9.17) is 4.74 Å². The zero-order chi connectivity index (χ0) is 24.5. The van der Waals surface area contributed by atoms with Gasteiger partial charge in [0.2, 0.25) is 0 Å². The van der Waals surface area contributed by atoms with Crippen molar-refractivity contribution in [3.05, 3.63) is 72.4 Å². The number of benzene rings is 2. The molecule has 2 amide bonds. The molecule has 3 atom stereocenters. The molecular formula is C23H21F3N4O4. The van der Waals surface area contributed by atoms with E-state index in [-0.39, 0.29) is 17.9 Å². The molecule has 0 aliphatic carbocycles. The number of aromatic nitrogens is 2. The highest BCUT2D eigenvalue weighted by Crippen LogP contribution is 2.45. The SMILES string of the molecule is CCOC(=O)[C@@H]1[C@@H](c2cn(-c3ccccc3)nc2-c2ccccc2)NC(=O)N[C@@]1(O)C(F)(F)F. The quantitative estimate of drug-likeness (QED) is 0.492. The molecule has 3 N–H and O–H groups in total. The van der Waals surface area contributed by atoms with Gasteiger partial charge >= 0.3 is 18.2 Å². The molecule has 1 aliphatic rings. The lowest BCUT2D eigenvalue weighted by atomic mass is 9.81. The van der Waals surface area contributed by atoms with Crippen LogP contribution in [0.4, 0.5) is 18.0 Å². The number of esters is 1. The van der Waals surface area contributed by atoms with Crippen LogP contribution in [-0.4, -0.2) is 45.4 Å². The Bertz CT molecular complexity index is 1180. The van der Waals surface area contributed by atoms with Gasteiger partial charge in [-0.25, -0.2) is 9.48 Å². The third-order valence-electron chi connectivity index (χ3n) is 5.49. The third kappa shape index (κ3) is 4.10. The van der Waals surface area contributed by atoms with Crippen molar-refractivity contribution in [3.8, 4) is 16.9 Å². The van der Waals surface area contributed by atoms with Crippen LogP contribution in [0.3, 0.4) is 0 Å². The number of hydrogen-bond donors (Lipinski definition) is 3. The zero-order valence-electron chi connectivity index (χ0n) is 17.9. The summed E-state index contributed by atoms with van der Waals surface area (Å²) in [6.45, 7) is 1.20. The number of amides is 2.